The Bertz CT molecular complexity index is 114. The zero-order valence-electron chi connectivity index (χ0n) is 5.68. The predicted molar refractivity (Wildman–Crippen MR) is 34.9 cm³/mol. The summed E-state index contributed by atoms with van der Waals surface area (Å²) in [6.45, 7) is 1.65. The molecule has 0 bridgehead atoms. The molecule has 1 rings (SSSR count). The molecule has 52 valence electrons. The van der Waals surface area contributed by atoms with Crippen LogP contribution in [0.1, 0.15) is 12.8 Å². The lowest BCUT2D eigenvalue weighted by atomic mass is 10.2. The highest BCUT2D eigenvalue weighted by molar-refractivity contribution is 5.78. The van der Waals surface area contributed by atoms with Crippen LogP contribution in [0.2, 0.25) is 0 Å². The number of nitrogens with zero attached hydrogens (tertiary/aromatic N) is 1. The van der Waals surface area contributed by atoms with E-state index >= 15 is 0 Å². The van der Waals surface area contributed by atoms with Crippen LogP contribution in [-0.2, 0) is 4.79 Å². The van der Waals surface area contributed by atoms with Crippen molar-refractivity contribution in [3.63, 3.8) is 0 Å². The van der Waals surface area contributed by atoms with Crippen LogP contribution in [0.5, 0.6) is 0 Å². The first-order valence-corrected chi connectivity index (χ1v) is 3.25. The molecule has 1 aliphatic rings. The van der Waals surface area contributed by atoms with Crippen molar-refractivity contribution in [3.05, 3.63) is 0 Å². The second-order valence-electron chi connectivity index (χ2n) is 2.37. The number of hydrogen-bond donors (Lipinski definition) is 1. The molecular formula is C6H12N2O. The van der Waals surface area contributed by atoms with E-state index in [2.05, 4.69) is 5.43 Å². The van der Waals surface area contributed by atoms with Crippen molar-refractivity contribution < 1.29 is 4.79 Å². The van der Waals surface area contributed by atoms with E-state index in [1.807, 2.05) is 12.1 Å². The number of hydrazine groups is 1. The van der Waals surface area contributed by atoms with Crippen molar-refractivity contribution >= 4 is 5.78 Å². The normalized spacial score (nSPS) is 23.9. The molecule has 1 saturated heterocycles. The minimum Gasteiger partial charge on any atom is -0.300 e. The van der Waals surface area contributed by atoms with Gasteiger partial charge >= 0.3 is 0 Å². The molecule has 0 atom stereocenters. The second kappa shape index (κ2) is 2.94. The summed E-state index contributed by atoms with van der Waals surface area (Å²) in [7, 11) is 1.96. The molecular weight excluding hydrogens is 116 g/mol. The average molecular weight is 128 g/mol. The lowest BCUT2D eigenvalue weighted by molar-refractivity contribution is -0.118. The van der Waals surface area contributed by atoms with Gasteiger partial charge in [0.15, 0.2) is 0 Å². The third kappa shape index (κ3) is 2.11. The topological polar surface area (TPSA) is 32.3 Å². The number of carbonyl (C=O) groups is 1. The van der Waals surface area contributed by atoms with E-state index in [0.29, 0.717) is 18.6 Å². The number of hydrogen-bond acceptors (Lipinski definition) is 3. The minimum atomic E-state index is 0.367. The molecule has 0 saturated carbocycles. The van der Waals surface area contributed by atoms with Gasteiger partial charge in [0.2, 0.25) is 0 Å². The highest BCUT2D eigenvalue weighted by Crippen LogP contribution is 1.94. The number of rotatable bonds is 0. The fourth-order valence-electron chi connectivity index (χ4n) is 0.883. The van der Waals surface area contributed by atoms with Gasteiger partial charge in [-0.1, -0.05) is 0 Å². The average Bonchev–Trinajstić information content (AvgIpc) is 1.97. The molecule has 3 heteroatoms. The van der Waals surface area contributed by atoms with Gasteiger partial charge < -0.3 is 0 Å². The Morgan fingerprint density at radius 2 is 2.33 bits per heavy atom. The third-order valence-corrected chi connectivity index (χ3v) is 1.51. The fraction of sp³-hybridized carbons (Fsp3) is 0.833. The quantitative estimate of drug-likeness (QED) is 0.489. The van der Waals surface area contributed by atoms with Crippen molar-refractivity contribution in [2.24, 2.45) is 0 Å². The molecule has 0 aromatic heterocycles. The number of carbonyl (C=O) groups excluding carboxylic acids is 1. The summed E-state index contributed by atoms with van der Waals surface area (Å²) in [5.74, 6) is 0.367. The molecule has 0 aromatic carbocycles. The lowest BCUT2D eigenvalue weighted by Crippen LogP contribution is -2.33. The van der Waals surface area contributed by atoms with Crippen LogP contribution in [0.25, 0.3) is 0 Å². The van der Waals surface area contributed by atoms with Crippen LogP contribution < -0.4 is 5.43 Å². The van der Waals surface area contributed by atoms with Gasteiger partial charge in [-0.05, 0) is 0 Å². The molecule has 3 nitrogen and oxygen atoms in total. The van der Waals surface area contributed by atoms with E-state index in [4.69, 9.17) is 0 Å². The van der Waals surface area contributed by atoms with E-state index in [0.717, 1.165) is 13.1 Å². The first-order chi connectivity index (χ1) is 4.29. The summed E-state index contributed by atoms with van der Waals surface area (Å²) in [6.07, 6.45) is 1.38. The first-order valence-electron chi connectivity index (χ1n) is 3.25. The summed E-state index contributed by atoms with van der Waals surface area (Å²) in [5, 5.41) is 1.96. The zero-order chi connectivity index (χ0) is 6.69. The van der Waals surface area contributed by atoms with Gasteiger partial charge in [0, 0.05) is 33.0 Å². The molecule has 1 heterocycles. The van der Waals surface area contributed by atoms with Crippen molar-refractivity contribution in [2.75, 3.05) is 20.1 Å². The highest BCUT2D eigenvalue weighted by Gasteiger charge is 2.08. The molecule has 0 aliphatic carbocycles. The van der Waals surface area contributed by atoms with Crippen molar-refractivity contribution in [1.29, 1.82) is 0 Å². The Labute approximate surface area is 55.0 Å². The minimum absolute atomic E-state index is 0.367. The number of ketones is 1. The second-order valence-corrected chi connectivity index (χ2v) is 2.37. The Hall–Kier alpha value is -0.410. The fourth-order valence-corrected chi connectivity index (χ4v) is 0.883. The molecule has 0 unspecified atom stereocenters. The van der Waals surface area contributed by atoms with Crippen molar-refractivity contribution in [3.8, 4) is 0 Å². The van der Waals surface area contributed by atoms with Crippen LogP contribution in [0, 0.1) is 0 Å². The van der Waals surface area contributed by atoms with Crippen LogP contribution in [0.15, 0.2) is 0 Å². The Kier molecular flexibility index (Phi) is 2.19. The van der Waals surface area contributed by atoms with E-state index < -0.39 is 0 Å². The lowest BCUT2D eigenvalue weighted by Gasteiger charge is -2.12. The highest BCUT2D eigenvalue weighted by atomic mass is 16.1. The van der Waals surface area contributed by atoms with E-state index in [-0.39, 0.29) is 0 Å². The number of nitrogens with one attached hydrogen (secondary N) is 1. The monoisotopic (exact) mass is 128 g/mol. The first kappa shape index (κ1) is 6.71. The molecule has 1 N–H and O–H groups in total. The van der Waals surface area contributed by atoms with E-state index in [9.17, 15) is 4.79 Å². The molecule has 9 heavy (non-hydrogen) atoms. The van der Waals surface area contributed by atoms with Crippen LogP contribution in [0.4, 0.5) is 0 Å². The van der Waals surface area contributed by atoms with Gasteiger partial charge in [0.25, 0.3) is 0 Å². The van der Waals surface area contributed by atoms with Crippen molar-refractivity contribution in [2.45, 2.75) is 12.8 Å². The summed E-state index contributed by atoms with van der Waals surface area (Å²) in [4.78, 5) is 10.8. The Morgan fingerprint density at radius 1 is 1.56 bits per heavy atom. The smallest absolute Gasteiger partial charge is 0.135 e. The van der Waals surface area contributed by atoms with Gasteiger partial charge in [0.1, 0.15) is 5.78 Å². The molecule has 0 amide bonds. The standard InChI is InChI=1S/C6H12N2O/c1-8-5-3-6(9)2-4-7-8/h7H,2-5H2,1H3. The van der Waals surface area contributed by atoms with Gasteiger partial charge in [-0.25, -0.2) is 5.01 Å². The molecule has 1 aliphatic heterocycles. The number of Topliss-reactive ketones (excluding diaryl/α,β-unsaturated/α-hetero) is 1. The summed E-state index contributed by atoms with van der Waals surface area (Å²) < 4.78 is 0. The van der Waals surface area contributed by atoms with Gasteiger partial charge in [-0.15, -0.1) is 0 Å². The molecule has 1 fully saturated rings. The van der Waals surface area contributed by atoms with E-state index in [1.54, 1.807) is 0 Å². The maximum Gasteiger partial charge on any atom is 0.135 e. The molecule has 0 radical (unpaired) electrons. The molecule has 0 spiro atoms. The van der Waals surface area contributed by atoms with Gasteiger partial charge in [-0.3, -0.25) is 10.2 Å². The molecule has 0 aromatic rings. The summed E-state index contributed by atoms with van der Waals surface area (Å²) in [6, 6.07) is 0. The third-order valence-electron chi connectivity index (χ3n) is 1.51. The maximum atomic E-state index is 10.8. The van der Waals surface area contributed by atoms with Crippen LogP contribution in [0.3, 0.4) is 0 Å². The van der Waals surface area contributed by atoms with E-state index in [1.165, 1.54) is 0 Å². The summed E-state index contributed by atoms with van der Waals surface area (Å²) in [5.41, 5.74) is 3.09. The predicted octanol–water partition coefficient (Wildman–Crippen LogP) is -0.214. The Morgan fingerprint density at radius 3 is 3.11 bits per heavy atom. The van der Waals surface area contributed by atoms with Gasteiger partial charge in [0.05, 0.1) is 0 Å². The SMILES string of the molecule is CN1CCC(=O)CCN1. The van der Waals surface area contributed by atoms with Crippen molar-refractivity contribution in [1.82, 2.24) is 10.4 Å². The van der Waals surface area contributed by atoms with Crippen LogP contribution >= 0.6 is 0 Å². The van der Waals surface area contributed by atoms with Gasteiger partial charge in [-0.2, -0.15) is 0 Å². The summed E-state index contributed by atoms with van der Waals surface area (Å²) >= 11 is 0. The van der Waals surface area contributed by atoms with Crippen LogP contribution in [-0.4, -0.2) is 30.9 Å². The largest absolute Gasteiger partial charge is 0.300 e. The zero-order valence-corrected chi connectivity index (χ0v) is 5.68. The maximum absolute atomic E-state index is 10.8. The Balaban J connectivity index is 2.34.